The van der Waals surface area contributed by atoms with Crippen molar-refractivity contribution in [3.05, 3.63) is 23.9 Å². The van der Waals surface area contributed by atoms with Crippen LogP contribution in [-0.4, -0.2) is 39.7 Å². The number of hydrogen-bond donors (Lipinski definition) is 2. The highest BCUT2D eigenvalue weighted by Crippen LogP contribution is 2.04. The van der Waals surface area contributed by atoms with Crippen LogP contribution in [0.15, 0.2) is 18.2 Å². The number of anilines is 1. The Morgan fingerprint density at radius 3 is 2.83 bits per heavy atom. The standard InChI is InChI=1S/C12H19N3O2S/c1-4-13-11-7-5-6-10(15-11)12(16)14-8-9(2)18(3)17/h5-7,9H,4,8H2,1-3H3,(H,13,15)(H,14,16). The second kappa shape index (κ2) is 7.10. The molecule has 1 aromatic heterocycles. The number of aromatic nitrogens is 1. The molecule has 1 amide bonds. The van der Waals surface area contributed by atoms with E-state index >= 15 is 0 Å². The zero-order chi connectivity index (χ0) is 13.5. The van der Waals surface area contributed by atoms with E-state index in [1.807, 2.05) is 19.9 Å². The molecule has 1 heterocycles. The van der Waals surface area contributed by atoms with Gasteiger partial charge in [0.05, 0.1) is 0 Å². The third-order valence-corrected chi connectivity index (χ3v) is 3.76. The van der Waals surface area contributed by atoms with Gasteiger partial charge in [0.1, 0.15) is 11.5 Å². The van der Waals surface area contributed by atoms with E-state index in [1.165, 1.54) is 0 Å². The van der Waals surface area contributed by atoms with Gasteiger partial charge in [0.15, 0.2) is 0 Å². The van der Waals surface area contributed by atoms with Crippen LogP contribution in [0, 0.1) is 0 Å². The highest BCUT2D eigenvalue weighted by Gasteiger charge is 2.11. The van der Waals surface area contributed by atoms with E-state index in [2.05, 4.69) is 15.6 Å². The van der Waals surface area contributed by atoms with Crippen LogP contribution in [0.3, 0.4) is 0 Å². The molecule has 2 N–H and O–H groups in total. The third kappa shape index (κ3) is 4.44. The number of amides is 1. The molecule has 0 spiro atoms. The Kier molecular flexibility index (Phi) is 5.77. The van der Waals surface area contributed by atoms with E-state index in [0.29, 0.717) is 18.1 Å². The fourth-order valence-electron chi connectivity index (χ4n) is 1.29. The lowest BCUT2D eigenvalue weighted by molar-refractivity contribution is 0.0949. The molecule has 0 saturated heterocycles. The average molecular weight is 269 g/mol. The molecule has 5 nitrogen and oxygen atoms in total. The number of nitrogens with one attached hydrogen (secondary N) is 2. The number of carbonyl (C=O) groups is 1. The number of pyridine rings is 1. The average Bonchev–Trinajstić information content (AvgIpc) is 2.36. The van der Waals surface area contributed by atoms with Gasteiger partial charge in [-0.25, -0.2) is 4.98 Å². The van der Waals surface area contributed by atoms with Crippen LogP contribution in [0.1, 0.15) is 24.3 Å². The first-order valence-corrected chi connectivity index (χ1v) is 7.48. The van der Waals surface area contributed by atoms with Gasteiger partial charge >= 0.3 is 0 Å². The lowest BCUT2D eigenvalue weighted by Gasteiger charge is -2.10. The van der Waals surface area contributed by atoms with E-state index in [4.69, 9.17) is 0 Å². The molecule has 0 aromatic carbocycles. The summed E-state index contributed by atoms with van der Waals surface area (Å²) >= 11 is 0. The van der Waals surface area contributed by atoms with Crippen LogP contribution in [0.2, 0.25) is 0 Å². The Balaban J connectivity index is 2.61. The highest BCUT2D eigenvalue weighted by molar-refractivity contribution is 7.84. The van der Waals surface area contributed by atoms with E-state index in [9.17, 15) is 9.00 Å². The first kappa shape index (κ1) is 14.6. The zero-order valence-electron chi connectivity index (χ0n) is 10.9. The van der Waals surface area contributed by atoms with E-state index in [-0.39, 0.29) is 11.2 Å². The Bertz CT molecular complexity index is 437. The van der Waals surface area contributed by atoms with Crippen molar-refractivity contribution in [1.29, 1.82) is 0 Å². The van der Waals surface area contributed by atoms with Gasteiger partial charge < -0.3 is 10.6 Å². The molecule has 0 bridgehead atoms. The molecule has 0 saturated carbocycles. The van der Waals surface area contributed by atoms with Crippen LogP contribution in [0.5, 0.6) is 0 Å². The predicted molar refractivity (Wildman–Crippen MR) is 74.3 cm³/mol. The summed E-state index contributed by atoms with van der Waals surface area (Å²) in [4.78, 5) is 16.0. The fraction of sp³-hybridized carbons (Fsp3) is 0.500. The Hall–Kier alpha value is -1.43. The number of hydrogen-bond acceptors (Lipinski definition) is 4. The van der Waals surface area contributed by atoms with Crippen molar-refractivity contribution < 1.29 is 9.00 Å². The molecule has 6 heteroatoms. The molecule has 100 valence electrons. The molecule has 2 unspecified atom stereocenters. The monoisotopic (exact) mass is 269 g/mol. The van der Waals surface area contributed by atoms with E-state index in [1.54, 1.807) is 18.4 Å². The summed E-state index contributed by atoms with van der Waals surface area (Å²) in [5.41, 5.74) is 0.363. The molecule has 0 radical (unpaired) electrons. The van der Waals surface area contributed by atoms with Crippen LogP contribution in [0.25, 0.3) is 0 Å². The van der Waals surface area contributed by atoms with Gasteiger partial charge in [-0.05, 0) is 26.0 Å². The normalized spacial score (nSPS) is 13.7. The van der Waals surface area contributed by atoms with Gasteiger partial charge in [-0.2, -0.15) is 0 Å². The van der Waals surface area contributed by atoms with Crippen molar-refractivity contribution in [2.75, 3.05) is 24.7 Å². The second-order valence-corrected chi connectivity index (χ2v) is 5.76. The van der Waals surface area contributed by atoms with Gasteiger partial charge in [-0.1, -0.05) is 6.07 Å². The van der Waals surface area contributed by atoms with Crippen LogP contribution >= 0.6 is 0 Å². The Morgan fingerprint density at radius 1 is 1.50 bits per heavy atom. The predicted octanol–water partition coefficient (Wildman–Crippen LogP) is 1.01. The minimum Gasteiger partial charge on any atom is -0.370 e. The summed E-state index contributed by atoms with van der Waals surface area (Å²) in [5.74, 6) is 0.435. The Morgan fingerprint density at radius 2 is 2.22 bits per heavy atom. The summed E-state index contributed by atoms with van der Waals surface area (Å²) in [5, 5.41) is 5.71. The molecule has 1 rings (SSSR count). The molecule has 0 aliphatic rings. The number of nitrogens with zero attached hydrogens (tertiary/aromatic N) is 1. The molecule has 0 aliphatic heterocycles. The minimum absolute atomic E-state index is 0.0640. The SMILES string of the molecule is CCNc1cccc(C(=O)NCC(C)S(C)=O)n1. The Labute approximate surface area is 110 Å². The van der Waals surface area contributed by atoms with Crippen molar-refractivity contribution in [2.45, 2.75) is 19.1 Å². The maximum absolute atomic E-state index is 11.8. The summed E-state index contributed by atoms with van der Waals surface area (Å²) < 4.78 is 11.2. The van der Waals surface area contributed by atoms with Crippen molar-refractivity contribution in [1.82, 2.24) is 10.3 Å². The van der Waals surface area contributed by atoms with Crippen LogP contribution < -0.4 is 10.6 Å². The van der Waals surface area contributed by atoms with Gasteiger partial charge in [0, 0.05) is 35.4 Å². The van der Waals surface area contributed by atoms with E-state index in [0.717, 1.165) is 6.54 Å². The maximum Gasteiger partial charge on any atom is 0.270 e. The molecular weight excluding hydrogens is 250 g/mol. The summed E-state index contributed by atoms with van der Waals surface area (Å²) in [6.07, 6.45) is 1.63. The topological polar surface area (TPSA) is 71.1 Å². The van der Waals surface area contributed by atoms with Gasteiger partial charge in [-0.3, -0.25) is 9.00 Å². The zero-order valence-corrected chi connectivity index (χ0v) is 11.7. The maximum atomic E-state index is 11.8. The summed E-state index contributed by atoms with van der Waals surface area (Å²) in [6, 6.07) is 5.25. The molecule has 0 fully saturated rings. The lowest BCUT2D eigenvalue weighted by Crippen LogP contribution is -2.33. The van der Waals surface area contributed by atoms with Gasteiger partial charge in [-0.15, -0.1) is 0 Å². The van der Waals surface area contributed by atoms with Crippen LogP contribution in [0.4, 0.5) is 5.82 Å². The van der Waals surface area contributed by atoms with Crippen molar-refractivity contribution >= 4 is 22.5 Å². The molecular formula is C12H19N3O2S. The van der Waals surface area contributed by atoms with Crippen molar-refractivity contribution in [2.24, 2.45) is 0 Å². The van der Waals surface area contributed by atoms with Gasteiger partial charge in [0.25, 0.3) is 5.91 Å². The van der Waals surface area contributed by atoms with Crippen molar-refractivity contribution in [3.63, 3.8) is 0 Å². The highest BCUT2D eigenvalue weighted by atomic mass is 32.2. The number of rotatable bonds is 6. The van der Waals surface area contributed by atoms with Gasteiger partial charge in [0.2, 0.25) is 0 Å². The van der Waals surface area contributed by atoms with E-state index < -0.39 is 10.8 Å². The minimum atomic E-state index is -0.938. The molecule has 1 aromatic rings. The summed E-state index contributed by atoms with van der Waals surface area (Å²) in [6.45, 7) is 4.94. The quantitative estimate of drug-likeness (QED) is 0.808. The summed E-state index contributed by atoms with van der Waals surface area (Å²) in [7, 11) is -0.938. The smallest absolute Gasteiger partial charge is 0.270 e. The largest absolute Gasteiger partial charge is 0.370 e. The molecule has 18 heavy (non-hydrogen) atoms. The van der Waals surface area contributed by atoms with Crippen molar-refractivity contribution in [3.8, 4) is 0 Å². The van der Waals surface area contributed by atoms with Crippen LogP contribution in [-0.2, 0) is 10.8 Å². The molecule has 2 atom stereocenters. The second-order valence-electron chi connectivity index (χ2n) is 3.96. The first-order valence-electron chi connectivity index (χ1n) is 5.86. The number of carbonyl (C=O) groups excluding carboxylic acids is 1. The first-order chi connectivity index (χ1) is 8.54. The molecule has 0 aliphatic carbocycles. The fourth-order valence-corrected chi connectivity index (χ4v) is 1.60. The lowest BCUT2D eigenvalue weighted by atomic mass is 10.3. The third-order valence-electron chi connectivity index (χ3n) is 2.46.